The maximum absolute atomic E-state index is 11.8. The topological polar surface area (TPSA) is 89.4 Å². The molecule has 3 rings (SSSR count). The smallest absolute Gasteiger partial charge is 0.333 e. The monoisotopic (exact) mass is 326 g/mol. The van der Waals surface area contributed by atoms with Crippen LogP contribution in [0.4, 0.5) is 5.69 Å². The van der Waals surface area contributed by atoms with Crippen molar-refractivity contribution in [2.75, 3.05) is 5.73 Å². The van der Waals surface area contributed by atoms with Crippen LogP contribution in [0, 0.1) is 0 Å². The van der Waals surface area contributed by atoms with Gasteiger partial charge in [0.15, 0.2) is 5.76 Å². The van der Waals surface area contributed by atoms with E-state index in [1.807, 2.05) is 30.3 Å². The van der Waals surface area contributed by atoms with E-state index in [-0.39, 0.29) is 5.89 Å². The molecule has 3 aromatic rings. The SMILES string of the molecule is Nc1ccc(C(S)(C(=O)O)c2ncc(-c3ccccc3)o2)cc1. The number of aliphatic carboxylic acids is 1. The second-order valence-corrected chi connectivity index (χ2v) is 5.70. The van der Waals surface area contributed by atoms with Crippen LogP contribution >= 0.6 is 12.6 Å². The van der Waals surface area contributed by atoms with Crippen LogP contribution in [-0.2, 0) is 9.54 Å². The van der Waals surface area contributed by atoms with E-state index in [0.717, 1.165) is 5.56 Å². The van der Waals surface area contributed by atoms with Gasteiger partial charge in [0.05, 0.1) is 6.20 Å². The Kier molecular flexibility index (Phi) is 3.83. The Labute approximate surface area is 138 Å². The molecule has 0 aliphatic heterocycles. The first-order valence-electron chi connectivity index (χ1n) is 6.85. The number of anilines is 1. The molecular weight excluding hydrogens is 312 g/mol. The van der Waals surface area contributed by atoms with Crippen molar-refractivity contribution in [2.45, 2.75) is 4.75 Å². The Morgan fingerprint density at radius 1 is 1.13 bits per heavy atom. The number of rotatable bonds is 4. The summed E-state index contributed by atoms with van der Waals surface area (Å²) in [7, 11) is 0. The Bertz CT molecular complexity index is 831. The summed E-state index contributed by atoms with van der Waals surface area (Å²) < 4.78 is 3.99. The van der Waals surface area contributed by atoms with Gasteiger partial charge in [-0.05, 0) is 17.7 Å². The summed E-state index contributed by atoms with van der Waals surface area (Å²) in [5.41, 5.74) is 7.42. The van der Waals surface area contributed by atoms with Crippen molar-refractivity contribution in [3.63, 3.8) is 0 Å². The van der Waals surface area contributed by atoms with Gasteiger partial charge in [0.2, 0.25) is 10.6 Å². The number of nitrogens with zero attached hydrogens (tertiary/aromatic N) is 1. The minimum absolute atomic E-state index is 0.00282. The van der Waals surface area contributed by atoms with Crippen LogP contribution in [-0.4, -0.2) is 16.1 Å². The van der Waals surface area contributed by atoms with Gasteiger partial charge >= 0.3 is 5.97 Å². The van der Waals surface area contributed by atoms with Crippen LogP contribution in [0.1, 0.15) is 11.5 Å². The minimum atomic E-state index is -1.69. The summed E-state index contributed by atoms with van der Waals surface area (Å²) >= 11 is 4.36. The zero-order valence-corrected chi connectivity index (χ0v) is 12.9. The standard InChI is InChI=1S/C17H14N2O3S/c18-13-8-6-12(7-9-13)17(23,16(20)21)15-19-10-14(22-15)11-4-2-1-3-5-11/h1-10,23H,18H2,(H,20,21). The molecule has 0 bridgehead atoms. The molecule has 1 aromatic heterocycles. The molecule has 116 valence electrons. The zero-order valence-electron chi connectivity index (χ0n) is 12.0. The maximum atomic E-state index is 11.8. The fraction of sp³-hybridized carbons (Fsp3) is 0.0588. The Morgan fingerprint density at radius 2 is 1.78 bits per heavy atom. The van der Waals surface area contributed by atoms with E-state index in [2.05, 4.69) is 17.6 Å². The Balaban J connectivity index is 2.07. The lowest BCUT2D eigenvalue weighted by atomic mass is 9.97. The van der Waals surface area contributed by atoms with Gasteiger partial charge in [0, 0.05) is 11.3 Å². The maximum Gasteiger partial charge on any atom is 0.333 e. The fourth-order valence-electron chi connectivity index (χ4n) is 2.24. The van der Waals surface area contributed by atoms with E-state index in [1.54, 1.807) is 24.3 Å². The second-order valence-electron chi connectivity index (χ2n) is 5.03. The first-order valence-corrected chi connectivity index (χ1v) is 7.30. The van der Waals surface area contributed by atoms with Crippen LogP contribution in [0.15, 0.2) is 65.2 Å². The molecule has 1 unspecified atom stereocenters. The summed E-state index contributed by atoms with van der Waals surface area (Å²) in [5, 5.41) is 9.68. The molecule has 0 saturated heterocycles. The highest BCUT2D eigenvalue weighted by molar-refractivity contribution is 7.82. The largest absolute Gasteiger partial charge is 0.480 e. The average Bonchev–Trinajstić information content (AvgIpc) is 3.06. The molecule has 0 amide bonds. The van der Waals surface area contributed by atoms with Gasteiger partial charge in [0.25, 0.3) is 0 Å². The summed E-state index contributed by atoms with van der Waals surface area (Å²) in [6.45, 7) is 0. The van der Waals surface area contributed by atoms with Gasteiger partial charge in [-0.1, -0.05) is 42.5 Å². The Morgan fingerprint density at radius 3 is 2.39 bits per heavy atom. The van der Waals surface area contributed by atoms with Gasteiger partial charge in [-0.25, -0.2) is 9.78 Å². The van der Waals surface area contributed by atoms with Crippen molar-refractivity contribution in [2.24, 2.45) is 0 Å². The first-order chi connectivity index (χ1) is 11.0. The minimum Gasteiger partial charge on any atom is -0.480 e. The van der Waals surface area contributed by atoms with Gasteiger partial charge < -0.3 is 15.3 Å². The molecule has 0 saturated carbocycles. The molecular formula is C17H14N2O3S. The van der Waals surface area contributed by atoms with Crippen molar-refractivity contribution in [1.29, 1.82) is 0 Å². The molecule has 0 spiro atoms. The van der Waals surface area contributed by atoms with Crippen LogP contribution < -0.4 is 5.73 Å². The van der Waals surface area contributed by atoms with Crippen molar-refractivity contribution >= 4 is 24.3 Å². The van der Waals surface area contributed by atoms with Crippen LogP contribution in [0.2, 0.25) is 0 Å². The molecule has 1 atom stereocenters. The van der Waals surface area contributed by atoms with Crippen molar-refractivity contribution in [1.82, 2.24) is 4.98 Å². The number of carboxylic acids is 1. The molecule has 2 aromatic carbocycles. The second kappa shape index (κ2) is 5.81. The van der Waals surface area contributed by atoms with Crippen molar-refractivity contribution < 1.29 is 14.3 Å². The number of carbonyl (C=O) groups is 1. The lowest BCUT2D eigenvalue weighted by Crippen LogP contribution is -2.31. The summed E-state index contributed by atoms with van der Waals surface area (Å²) in [6.07, 6.45) is 1.50. The number of nitrogens with two attached hydrogens (primary N) is 1. The first kappa shape index (κ1) is 15.2. The molecule has 0 aliphatic carbocycles. The number of hydrogen-bond donors (Lipinski definition) is 3. The molecule has 5 nitrogen and oxygen atoms in total. The molecule has 6 heteroatoms. The average molecular weight is 326 g/mol. The number of hydrogen-bond acceptors (Lipinski definition) is 5. The third kappa shape index (κ3) is 2.68. The zero-order chi connectivity index (χ0) is 16.4. The van der Waals surface area contributed by atoms with Gasteiger partial charge in [-0.15, -0.1) is 12.6 Å². The predicted molar refractivity (Wildman–Crippen MR) is 90.2 cm³/mol. The van der Waals surface area contributed by atoms with E-state index in [9.17, 15) is 9.90 Å². The van der Waals surface area contributed by atoms with Crippen LogP contribution in [0.5, 0.6) is 0 Å². The quantitative estimate of drug-likeness (QED) is 0.506. The molecule has 0 radical (unpaired) electrons. The summed E-state index contributed by atoms with van der Waals surface area (Å²) in [6, 6.07) is 15.8. The van der Waals surface area contributed by atoms with E-state index < -0.39 is 10.7 Å². The van der Waals surface area contributed by atoms with Crippen LogP contribution in [0.25, 0.3) is 11.3 Å². The highest BCUT2D eigenvalue weighted by Crippen LogP contribution is 2.38. The lowest BCUT2D eigenvalue weighted by Gasteiger charge is -2.20. The van der Waals surface area contributed by atoms with Crippen molar-refractivity contribution in [3.8, 4) is 11.3 Å². The number of nitrogen functional groups attached to an aromatic ring is 1. The molecule has 3 N–H and O–H groups in total. The molecule has 0 fully saturated rings. The number of thiol groups is 1. The highest BCUT2D eigenvalue weighted by atomic mass is 32.1. The number of aromatic nitrogens is 1. The van der Waals surface area contributed by atoms with E-state index in [0.29, 0.717) is 17.0 Å². The summed E-state index contributed by atoms with van der Waals surface area (Å²) in [4.78, 5) is 16.0. The van der Waals surface area contributed by atoms with E-state index >= 15 is 0 Å². The number of oxazole rings is 1. The van der Waals surface area contributed by atoms with Gasteiger partial charge in [0.1, 0.15) is 0 Å². The Hall–Kier alpha value is -2.73. The summed E-state index contributed by atoms with van der Waals surface area (Å²) in [5.74, 6) is -0.695. The van der Waals surface area contributed by atoms with Crippen molar-refractivity contribution in [3.05, 3.63) is 72.2 Å². The predicted octanol–water partition coefficient (Wildman–Crippen LogP) is 3.18. The number of carboxylic acid groups (broad SMARTS) is 1. The van der Waals surface area contributed by atoms with E-state index in [1.165, 1.54) is 6.20 Å². The van der Waals surface area contributed by atoms with Gasteiger partial charge in [-0.2, -0.15) is 0 Å². The third-order valence-electron chi connectivity index (χ3n) is 3.51. The fourth-order valence-corrected chi connectivity index (χ4v) is 2.49. The molecule has 23 heavy (non-hydrogen) atoms. The molecule has 0 aliphatic rings. The third-order valence-corrected chi connectivity index (χ3v) is 4.15. The highest BCUT2D eigenvalue weighted by Gasteiger charge is 2.43. The number of benzene rings is 2. The molecule has 1 heterocycles. The van der Waals surface area contributed by atoms with Crippen LogP contribution in [0.3, 0.4) is 0 Å². The normalized spacial score (nSPS) is 13.4. The van der Waals surface area contributed by atoms with E-state index in [4.69, 9.17) is 10.2 Å². The van der Waals surface area contributed by atoms with Gasteiger partial charge in [-0.3, -0.25) is 0 Å². The lowest BCUT2D eigenvalue weighted by molar-refractivity contribution is -0.139.